The smallest absolute Gasteiger partial charge is 0.129 e. The molecule has 0 radical (unpaired) electrons. The van der Waals surface area contributed by atoms with E-state index in [1.54, 1.807) is 12.1 Å². The molecule has 0 aliphatic heterocycles. The Hall–Kier alpha value is -0.600. The van der Waals surface area contributed by atoms with Crippen molar-refractivity contribution in [3.63, 3.8) is 0 Å². The first-order valence-corrected chi connectivity index (χ1v) is 7.79. The van der Waals surface area contributed by atoms with Crippen molar-refractivity contribution in [2.45, 2.75) is 53.5 Å². The highest BCUT2D eigenvalue weighted by Crippen LogP contribution is 2.31. The summed E-state index contributed by atoms with van der Waals surface area (Å²) < 4.78 is 14.1. The number of nitrogens with one attached hydrogen (secondary N) is 1. The van der Waals surface area contributed by atoms with Crippen LogP contribution in [-0.4, -0.2) is 6.54 Å². The normalized spacial score (nSPS) is 15.2. The first kappa shape index (κ1) is 17.5. The van der Waals surface area contributed by atoms with Crippen molar-refractivity contribution in [1.29, 1.82) is 0 Å². The first-order valence-electron chi connectivity index (χ1n) is 7.41. The van der Waals surface area contributed by atoms with Crippen LogP contribution >= 0.6 is 11.6 Å². The molecule has 0 heterocycles. The molecule has 1 N–H and O–H groups in total. The molecule has 0 bridgehead atoms. The quantitative estimate of drug-likeness (QED) is 0.722. The monoisotopic (exact) mass is 299 g/mol. The molecular formula is C17H27ClFN. The summed E-state index contributed by atoms with van der Waals surface area (Å²) in [7, 11) is 0. The fourth-order valence-corrected chi connectivity index (χ4v) is 3.04. The van der Waals surface area contributed by atoms with Gasteiger partial charge in [0.2, 0.25) is 0 Å². The zero-order valence-electron chi connectivity index (χ0n) is 13.3. The van der Waals surface area contributed by atoms with Crippen LogP contribution in [0.3, 0.4) is 0 Å². The number of rotatable bonds is 6. The van der Waals surface area contributed by atoms with Crippen LogP contribution in [0.25, 0.3) is 0 Å². The fourth-order valence-electron chi connectivity index (χ4n) is 2.88. The van der Waals surface area contributed by atoms with Gasteiger partial charge in [-0.1, -0.05) is 52.3 Å². The van der Waals surface area contributed by atoms with Crippen molar-refractivity contribution in [2.75, 3.05) is 6.54 Å². The van der Waals surface area contributed by atoms with Gasteiger partial charge in [0.15, 0.2) is 0 Å². The lowest BCUT2D eigenvalue weighted by molar-refractivity contribution is 0.275. The Morgan fingerprint density at radius 2 is 1.95 bits per heavy atom. The Morgan fingerprint density at radius 3 is 2.45 bits per heavy atom. The molecule has 1 rings (SSSR count). The lowest BCUT2D eigenvalue weighted by atomic mass is 9.82. The minimum absolute atomic E-state index is 0.0506. The minimum atomic E-state index is -0.216. The SMILES string of the molecule is CCNC(CC(C)CC(C)(C)C)c1ccc(Cl)cc1F. The molecular weight excluding hydrogens is 273 g/mol. The molecule has 114 valence electrons. The molecule has 0 saturated heterocycles. The predicted molar refractivity (Wildman–Crippen MR) is 85.7 cm³/mol. The van der Waals surface area contributed by atoms with E-state index in [1.807, 2.05) is 0 Å². The van der Waals surface area contributed by atoms with Gasteiger partial charge in [0.05, 0.1) is 0 Å². The van der Waals surface area contributed by atoms with E-state index in [4.69, 9.17) is 11.6 Å². The van der Waals surface area contributed by atoms with Gasteiger partial charge in [0, 0.05) is 16.6 Å². The average Bonchev–Trinajstić information content (AvgIpc) is 2.25. The summed E-state index contributed by atoms with van der Waals surface area (Å²) in [4.78, 5) is 0. The number of hydrogen-bond acceptors (Lipinski definition) is 1. The summed E-state index contributed by atoms with van der Waals surface area (Å²) in [5.74, 6) is 0.320. The molecule has 0 aliphatic carbocycles. The van der Waals surface area contributed by atoms with Gasteiger partial charge in [-0.3, -0.25) is 0 Å². The third-order valence-corrected chi connectivity index (χ3v) is 3.62. The third-order valence-electron chi connectivity index (χ3n) is 3.39. The second kappa shape index (κ2) is 7.42. The summed E-state index contributed by atoms with van der Waals surface area (Å²) in [6.07, 6.45) is 2.06. The maximum absolute atomic E-state index is 14.1. The maximum Gasteiger partial charge on any atom is 0.129 e. The van der Waals surface area contributed by atoms with Crippen LogP contribution in [0.5, 0.6) is 0 Å². The summed E-state index contributed by atoms with van der Waals surface area (Å²) in [6.45, 7) is 11.9. The Bertz CT molecular complexity index is 425. The molecule has 0 amide bonds. The van der Waals surface area contributed by atoms with Crippen LogP contribution in [0.1, 0.15) is 59.1 Å². The standard InChI is InChI=1S/C17H27ClFN/c1-6-20-16(9-12(2)11-17(3,4)5)14-8-7-13(18)10-15(14)19/h7-8,10,12,16,20H,6,9,11H2,1-5H3. The molecule has 0 spiro atoms. The molecule has 1 aromatic carbocycles. The van der Waals surface area contributed by atoms with E-state index in [0.29, 0.717) is 16.4 Å². The van der Waals surface area contributed by atoms with E-state index in [-0.39, 0.29) is 11.9 Å². The molecule has 0 aliphatic rings. The van der Waals surface area contributed by atoms with E-state index >= 15 is 0 Å². The van der Waals surface area contributed by atoms with Gasteiger partial charge in [-0.25, -0.2) is 4.39 Å². The fraction of sp³-hybridized carbons (Fsp3) is 0.647. The summed E-state index contributed by atoms with van der Waals surface area (Å²) in [6, 6.07) is 5.01. The minimum Gasteiger partial charge on any atom is -0.310 e. The summed E-state index contributed by atoms with van der Waals surface area (Å²) >= 11 is 5.83. The second-order valence-corrected chi connectivity index (χ2v) is 7.32. The van der Waals surface area contributed by atoms with Gasteiger partial charge in [-0.2, -0.15) is 0 Å². The van der Waals surface area contributed by atoms with Crippen LogP contribution < -0.4 is 5.32 Å². The number of benzene rings is 1. The Kier molecular flexibility index (Phi) is 6.47. The van der Waals surface area contributed by atoms with E-state index < -0.39 is 0 Å². The molecule has 2 atom stereocenters. The van der Waals surface area contributed by atoms with E-state index in [1.165, 1.54) is 6.07 Å². The molecule has 0 fully saturated rings. The zero-order chi connectivity index (χ0) is 15.3. The molecule has 0 saturated carbocycles. The van der Waals surface area contributed by atoms with Gasteiger partial charge in [0.25, 0.3) is 0 Å². The maximum atomic E-state index is 14.1. The number of hydrogen-bond donors (Lipinski definition) is 1. The van der Waals surface area contributed by atoms with Crippen molar-refractivity contribution < 1.29 is 4.39 Å². The van der Waals surface area contributed by atoms with E-state index in [9.17, 15) is 4.39 Å². The van der Waals surface area contributed by atoms with Crippen LogP contribution in [0.4, 0.5) is 4.39 Å². The highest BCUT2D eigenvalue weighted by atomic mass is 35.5. The van der Waals surface area contributed by atoms with Crippen molar-refractivity contribution >= 4 is 11.6 Å². The lowest BCUT2D eigenvalue weighted by Gasteiger charge is -2.27. The summed E-state index contributed by atoms with van der Waals surface area (Å²) in [5.41, 5.74) is 1.02. The van der Waals surface area contributed by atoms with E-state index in [2.05, 4.69) is 39.9 Å². The Morgan fingerprint density at radius 1 is 1.30 bits per heavy atom. The molecule has 1 nitrogen and oxygen atoms in total. The molecule has 2 unspecified atom stereocenters. The van der Waals surface area contributed by atoms with E-state index in [0.717, 1.165) is 24.9 Å². The van der Waals surface area contributed by atoms with Gasteiger partial charge in [0.1, 0.15) is 5.82 Å². The van der Waals surface area contributed by atoms with Crippen molar-refractivity contribution in [3.8, 4) is 0 Å². The van der Waals surface area contributed by atoms with Gasteiger partial charge in [-0.15, -0.1) is 0 Å². The van der Waals surface area contributed by atoms with Crippen LogP contribution in [0, 0.1) is 17.2 Å². The predicted octanol–water partition coefficient (Wildman–Crippen LogP) is 5.59. The third kappa shape index (κ3) is 5.80. The highest BCUT2D eigenvalue weighted by molar-refractivity contribution is 6.30. The van der Waals surface area contributed by atoms with Crippen molar-refractivity contribution in [2.24, 2.45) is 11.3 Å². The van der Waals surface area contributed by atoms with Gasteiger partial charge < -0.3 is 5.32 Å². The Balaban J connectivity index is 2.83. The topological polar surface area (TPSA) is 12.0 Å². The van der Waals surface area contributed by atoms with Gasteiger partial charge >= 0.3 is 0 Å². The van der Waals surface area contributed by atoms with Crippen LogP contribution in [0.2, 0.25) is 5.02 Å². The molecule has 3 heteroatoms. The number of halogens is 2. The largest absolute Gasteiger partial charge is 0.310 e. The Labute approximate surface area is 127 Å². The van der Waals surface area contributed by atoms with Crippen molar-refractivity contribution in [3.05, 3.63) is 34.6 Å². The summed E-state index contributed by atoms with van der Waals surface area (Å²) in [5, 5.41) is 3.84. The highest BCUT2D eigenvalue weighted by Gasteiger charge is 2.21. The average molecular weight is 300 g/mol. The molecule has 20 heavy (non-hydrogen) atoms. The molecule has 1 aromatic rings. The van der Waals surface area contributed by atoms with Crippen LogP contribution in [0.15, 0.2) is 18.2 Å². The lowest BCUT2D eigenvalue weighted by Crippen LogP contribution is -2.25. The van der Waals surface area contributed by atoms with Crippen LogP contribution in [-0.2, 0) is 0 Å². The van der Waals surface area contributed by atoms with Gasteiger partial charge in [-0.05, 0) is 42.9 Å². The second-order valence-electron chi connectivity index (χ2n) is 6.88. The first-order chi connectivity index (χ1) is 9.23. The van der Waals surface area contributed by atoms with Crippen molar-refractivity contribution in [1.82, 2.24) is 5.32 Å². The molecule has 0 aromatic heterocycles. The zero-order valence-corrected chi connectivity index (χ0v) is 14.0.